The number of rotatable bonds is 25. The molecule has 0 aliphatic carbocycles. The van der Waals surface area contributed by atoms with Gasteiger partial charge in [-0.25, -0.2) is 0 Å². The molecular weight excluding hydrogens is 384 g/mol. The van der Waals surface area contributed by atoms with Crippen LogP contribution in [0.2, 0.25) is 13.1 Å². The molecule has 0 saturated heterocycles. The van der Waals surface area contributed by atoms with Crippen LogP contribution in [0.3, 0.4) is 0 Å². The molecule has 0 unspecified atom stereocenters. The van der Waals surface area contributed by atoms with Crippen LogP contribution < -0.4 is 0 Å². The fourth-order valence-electron chi connectivity index (χ4n) is 4.03. The van der Waals surface area contributed by atoms with E-state index in [9.17, 15) is 0 Å². The Kier molecular flexibility index (Phi) is 23.9. The zero-order chi connectivity index (χ0) is 22.2. The highest BCUT2D eigenvalue weighted by atomic mass is 28.4. The van der Waals surface area contributed by atoms with Gasteiger partial charge < -0.3 is 8.85 Å². The lowest BCUT2D eigenvalue weighted by atomic mass is 10.0. The summed E-state index contributed by atoms with van der Waals surface area (Å²) in [5.74, 6) is 0. The largest absolute Gasteiger partial charge is 0.395 e. The molecule has 0 fully saturated rings. The maximum Gasteiger partial charge on any atom is 0.331 e. The number of unbranched alkanes of at least 4 members (excludes halogenated alkanes) is 19. The number of hydrogen-bond acceptors (Lipinski definition) is 2. The van der Waals surface area contributed by atoms with Gasteiger partial charge in [0.2, 0.25) is 0 Å². The van der Waals surface area contributed by atoms with Gasteiger partial charge in [0.15, 0.2) is 0 Å². The van der Waals surface area contributed by atoms with Gasteiger partial charge in [0.05, 0.1) is 0 Å². The average molecular weight is 443 g/mol. The van der Waals surface area contributed by atoms with E-state index in [1.165, 1.54) is 135 Å². The quantitative estimate of drug-likeness (QED) is 0.103. The molecule has 0 aliphatic rings. The monoisotopic (exact) mass is 442 g/mol. The Labute approximate surface area is 192 Å². The highest BCUT2D eigenvalue weighted by Crippen LogP contribution is 2.14. The molecule has 0 spiro atoms. The van der Waals surface area contributed by atoms with Crippen molar-refractivity contribution in [1.82, 2.24) is 0 Å². The molecule has 0 aromatic carbocycles. The summed E-state index contributed by atoms with van der Waals surface area (Å²) in [4.78, 5) is 0. The van der Waals surface area contributed by atoms with Gasteiger partial charge in [-0.3, -0.25) is 0 Å². The minimum absolute atomic E-state index is 0.893. The molecule has 0 aromatic rings. The highest BCUT2D eigenvalue weighted by molar-refractivity contribution is 6.64. The normalized spacial score (nSPS) is 12.0. The van der Waals surface area contributed by atoms with Gasteiger partial charge in [-0.15, -0.1) is 0 Å². The first-order valence-corrected chi connectivity index (χ1v) is 16.7. The van der Waals surface area contributed by atoms with Crippen molar-refractivity contribution in [3.63, 3.8) is 0 Å². The first kappa shape index (κ1) is 30.1. The molecule has 0 aromatic heterocycles. The Morgan fingerprint density at radius 1 is 0.367 bits per heavy atom. The molecule has 0 heterocycles. The maximum atomic E-state index is 6.10. The molecule has 0 bridgehead atoms. The van der Waals surface area contributed by atoms with E-state index in [1.807, 2.05) is 0 Å². The predicted octanol–water partition coefficient (Wildman–Crippen LogP) is 9.95. The van der Waals surface area contributed by atoms with Crippen molar-refractivity contribution in [2.75, 3.05) is 13.2 Å². The van der Waals surface area contributed by atoms with E-state index in [1.54, 1.807) is 0 Å². The first-order valence-electron chi connectivity index (χ1n) is 13.9. The van der Waals surface area contributed by atoms with Crippen LogP contribution in [0.1, 0.15) is 149 Å². The van der Waals surface area contributed by atoms with Crippen LogP contribution in [0.25, 0.3) is 0 Å². The van der Waals surface area contributed by atoms with Crippen molar-refractivity contribution in [3.8, 4) is 0 Å². The molecule has 0 aliphatic heterocycles. The van der Waals surface area contributed by atoms with Gasteiger partial charge in [-0.1, -0.05) is 136 Å². The minimum atomic E-state index is -1.89. The molecule has 0 saturated carbocycles. The van der Waals surface area contributed by atoms with E-state index in [-0.39, 0.29) is 0 Å². The third-order valence-electron chi connectivity index (χ3n) is 6.15. The third-order valence-corrected chi connectivity index (χ3v) is 7.94. The Hall–Kier alpha value is 0.137. The van der Waals surface area contributed by atoms with E-state index >= 15 is 0 Å². The van der Waals surface area contributed by atoms with Crippen LogP contribution in [0, 0.1) is 0 Å². The number of hydrogen-bond donors (Lipinski definition) is 0. The second-order valence-electron chi connectivity index (χ2n) is 9.81. The molecule has 0 radical (unpaired) electrons. The van der Waals surface area contributed by atoms with E-state index in [4.69, 9.17) is 8.85 Å². The zero-order valence-electron chi connectivity index (χ0n) is 21.6. The molecule has 3 heteroatoms. The Morgan fingerprint density at radius 3 is 0.867 bits per heavy atom. The molecule has 2 nitrogen and oxygen atoms in total. The van der Waals surface area contributed by atoms with Gasteiger partial charge >= 0.3 is 8.56 Å². The summed E-state index contributed by atoms with van der Waals surface area (Å²) in [5, 5.41) is 0. The van der Waals surface area contributed by atoms with Gasteiger partial charge in [-0.05, 0) is 25.9 Å². The lowest BCUT2D eigenvalue weighted by Crippen LogP contribution is -2.35. The molecule has 0 rings (SSSR count). The second-order valence-corrected chi connectivity index (χ2v) is 13.2. The predicted molar refractivity (Wildman–Crippen MR) is 138 cm³/mol. The van der Waals surface area contributed by atoms with E-state index in [0.29, 0.717) is 0 Å². The van der Waals surface area contributed by atoms with Crippen molar-refractivity contribution >= 4 is 8.56 Å². The Morgan fingerprint density at radius 2 is 0.600 bits per heavy atom. The maximum absolute atomic E-state index is 6.10. The van der Waals surface area contributed by atoms with Gasteiger partial charge in [0.1, 0.15) is 0 Å². The summed E-state index contributed by atoms with van der Waals surface area (Å²) >= 11 is 0. The molecule has 182 valence electrons. The summed E-state index contributed by atoms with van der Waals surface area (Å²) < 4.78 is 12.2. The molecule has 0 atom stereocenters. The van der Waals surface area contributed by atoms with Gasteiger partial charge in [0, 0.05) is 13.2 Å². The Bertz CT molecular complexity index is 320. The van der Waals surface area contributed by atoms with Gasteiger partial charge in [0.25, 0.3) is 0 Å². The SMILES string of the molecule is CCCCCCCCCCCCCCCCCO[Si](C)(C)OCCCCCCCC. The van der Waals surface area contributed by atoms with Crippen LogP contribution in [0.4, 0.5) is 0 Å². The first-order chi connectivity index (χ1) is 14.6. The van der Waals surface area contributed by atoms with Gasteiger partial charge in [-0.2, -0.15) is 0 Å². The summed E-state index contributed by atoms with van der Waals surface area (Å²) in [7, 11) is -1.89. The molecule has 30 heavy (non-hydrogen) atoms. The van der Waals surface area contributed by atoms with Crippen LogP contribution in [-0.2, 0) is 8.85 Å². The summed E-state index contributed by atoms with van der Waals surface area (Å²) in [6.07, 6.45) is 29.1. The van der Waals surface area contributed by atoms with Crippen molar-refractivity contribution in [2.24, 2.45) is 0 Å². The second kappa shape index (κ2) is 23.8. The van der Waals surface area contributed by atoms with Crippen molar-refractivity contribution < 1.29 is 8.85 Å². The van der Waals surface area contributed by atoms with E-state index in [0.717, 1.165) is 13.2 Å². The summed E-state index contributed by atoms with van der Waals surface area (Å²) in [6, 6.07) is 0. The van der Waals surface area contributed by atoms with Crippen LogP contribution in [0.15, 0.2) is 0 Å². The van der Waals surface area contributed by atoms with Crippen molar-refractivity contribution in [3.05, 3.63) is 0 Å². The minimum Gasteiger partial charge on any atom is -0.395 e. The lowest BCUT2D eigenvalue weighted by Gasteiger charge is -2.23. The third kappa shape index (κ3) is 24.4. The van der Waals surface area contributed by atoms with E-state index < -0.39 is 8.56 Å². The summed E-state index contributed by atoms with van der Waals surface area (Å²) in [6.45, 7) is 10.8. The van der Waals surface area contributed by atoms with Crippen LogP contribution >= 0.6 is 0 Å². The van der Waals surface area contributed by atoms with Crippen molar-refractivity contribution in [1.29, 1.82) is 0 Å². The standard InChI is InChI=1S/C27H58O2Si/c1-5-7-9-11-13-14-15-16-17-18-19-20-21-23-25-27-29-30(3,4)28-26-24-22-12-10-8-6-2/h5-27H2,1-4H3. The smallest absolute Gasteiger partial charge is 0.331 e. The Balaban J connectivity index is 3.25. The fourth-order valence-corrected chi connectivity index (χ4v) is 5.39. The van der Waals surface area contributed by atoms with Crippen LogP contribution in [0.5, 0.6) is 0 Å². The topological polar surface area (TPSA) is 18.5 Å². The zero-order valence-corrected chi connectivity index (χ0v) is 22.6. The fraction of sp³-hybridized carbons (Fsp3) is 1.00. The lowest BCUT2D eigenvalue weighted by molar-refractivity contribution is 0.172. The highest BCUT2D eigenvalue weighted by Gasteiger charge is 2.23. The summed E-state index contributed by atoms with van der Waals surface area (Å²) in [5.41, 5.74) is 0. The van der Waals surface area contributed by atoms with Crippen LogP contribution in [-0.4, -0.2) is 21.8 Å². The van der Waals surface area contributed by atoms with E-state index in [2.05, 4.69) is 26.9 Å². The average Bonchev–Trinajstić information content (AvgIpc) is 2.72. The van der Waals surface area contributed by atoms with Crippen molar-refractivity contribution in [2.45, 2.75) is 162 Å². The molecule has 0 N–H and O–H groups in total. The molecular formula is C27H58O2Si. The molecule has 0 amide bonds.